The highest BCUT2D eigenvalue weighted by atomic mass is 19.4. The van der Waals surface area contributed by atoms with Gasteiger partial charge in [0, 0.05) is 12.6 Å². The van der Waals surface area contributed by atoms with Crippen LogP contribution in [0.4, 0.5) is 13.2 Å². The minimum absolute atomic E-state index is 0.112. The molecule has 5 nitrogen and oxygen atoms in total. The number of nitrogens with one attached hydrogen (secondary N) is 1. The third-order valence-corrected chi connectivity index (χ3v) is 3.81. The van der Waals surface area contributed by atoms with Gasteiger partial charge in [-0.2, -0.15) is 28.6 Å². The third-order valence-electron chi connectivity index (χ3n) is 3.81. The van der Waals surface area contributed by atoms with Crippen LogP contribution in [0.15, 0.2) is 24.3 Å². The van der Waals surface area contributed by atoms with E-state index < -0.39 is 11.7 Å². The number of carbonyl (C=O) groups is 1. The number of halogens is 3. The number of hydrogen-bond acceptors (Lipinski definition) is 3. The van der Waals surface area contributed by atoms with E-state index in [4.69, 9.17) is 0 Å². The van der Waals surface area contributed by atoms with Gasteiger partial charge in [0.05, 0.1) is 11.3 Å². The molecule has 1 aliphatic carbocycles. The summed E-state index contributed by atoms with van der Waals surface area (Å²) in [5.41, 5.74) is 0.717. The fourth-order valence-corrected chi connectivity index (χ4v) is 2.37. The second-order valence-corrected chi connectivity index (χ2v) is 5.62. The van der Waals surface area contributed by atoms with E-state index in [1.54, 1.807) is 11.8 Å². The number of benzene rings is 1. The van der Waals surface area contributed by atoms with E-state index in [9.17, 15) is 18.0 Å². The molecule has 1 N–H and O–H groups in total. The van der Waals surface area contributed by atoms with Crippen LogP contribution in [-0.4, -0.2) is 32.3 Å². The largest absolute Gasteiger partial charge is 0.416 e. The van der Waals surface area contributed by atoms with Gasteiger partial charge in [-0.15, -0.1) is 0 Å². The average Bonchev–Trinajstić information content (AvgIpc) is 3.25. The van der Waals surface area contributed by atoms with Crippen molar-refractivity contribution in [2.24, 2.45) is 0 Å². The zero-order chi connectivity index (χ0) is 16.6. The number of hydrogen-bond donors (Lipinski definition) is 1. The number of carbonyl (C=O) groups excluding carboxylic acids is 1. The lowest BCUT2D eigenvalue weighted by atomic mass is 10.1. The number of H-pyrrole nitrogens is 1. The molecule has 1 aliphatic rings. The zero-order valence-electron chi connectivity index (χ0n) is 12.4. The van der Waals surface area contributed by atoms with Crippen molar-refractivity contribution in [2.45, 2.75) is 38.5 Å². The molecule has 1 aromatic carbocycles. The van der Waals surface area contributed by atoms with E-state index in [1.807, 2.05) is 0 Å². The molecule has 1 fully saturated rings. The molecule has 1 amide bonds. The Balaban J connectivity index is 1.78. The van der Waals surface area contributed by atoms with Gasteiger partial charge in [-0.1, -0.05) is 12.1 Å². The van der Waals surface area contributed by atoms with E-state index in [2.05, 4.69) is 15.4 Å². The second-order valence-electron chi connectivity index (χ2n) is 5.62. The van der Waals surface area contributed by atoms with Gasteiger partial charge in [-0.05, 0) is 37.5 Å². The Morgan fingerprint density at radius 2 is 1.91 bits per heavy atom. The number of rotatable bonds is 4. The normalized spacial score (nSPS) is 14.8. The van der Waals surface area contributed by atoms with Gasteiger partial charge in [0.25, 0.3) is 5.91 Å². The maximum Gasteiger partial charge on any atom is 0.416 e. The topological polar surface area (TPSA) is 61.9 Å². The molecule has 0 aliphatic heterocycles. The maximum absolute atomic E-state index is 12.6. The van der Waals surface area contributed by atoms with Crippen LogP contribution in [-0.2, 0) is 12.7 Å². The van der Waals surface area contributed by atoms with Crippen LogP contribution >= 0.6 is 0 Å². The van der Waals surface area contributed by atoms with Crippen molar-refractivity contribution in [3.8, 4) is 0 Å². The number of aromatic nitrogens is 3. The van der Waals surface area contributed by atoms with E-state index in [0.717, 1.165) is 25.0 Å². The molecule has 122 valence electrons. The van der Waals surface area contributed by atoms with E-state index in [-0.39, 0.29) is 24.2 Å². The molecule has 23 heavy (non-hydrogen) atoms. The van der Waals surface area contributed by atoms with Gasteiger partial charge in [0.1, 0.15) is 0 Å². The molecule has 1 heterocycles. The van der Waals surface area contributed by atoms with E-state index >= 15 is 0 Å². The van der Waals surface area contributed by atoms with Gasteiger partial charge in [-0.3, -0.25) is 4.79 Å². The molecular formula is C15H15F3N4O. The number of nitrogens with zero attached hydrogens (tertiary/aromatic N) is 3. The first-order valence-electron chi connectivity index (χ1n) is 7.20. The van der Waals surface area contributed by atoms with E-state index in [0.29, 0.717) is 11.3 Å². The summed E-state index contributed by atoms with van der Waals surface area (Å²) in [4.78, 5) is 14.2. The van der Waals surface area contributed by atoms with Crippen LogP contribution in [0.2, 0.25) is 0 Å². The first-order valence-corrected chi connectivity index (χ1v) is 7.20. The van der Waals surface area contributed by atoms with Crippen molar-refractivity contribution < 1.29 is 18.0 Å². The van der Waals surface area contributed by atoms with E-state index in [1.165, 1.54) is 12.1 Å². The Morgan fingerprint density at radius 3 is 2.39 bits per heavy atom. The Kier molecular flexibility index (Phi) is 3.83. The molecule has 0 spiro atoms. The van der Waals surface area contributed by atoms with Crippen LogP contribution < -0.4 is 0 Å². The van der Waals surface area contributed by atoms with Crippen LogP contribution in [0, 0.1) is 6.92 Å². The Morgan fingerprint density at radius 1 is 1.26 bits per heavy atom. The smallest absolute Gasteiger partial charge is 0.330 e. The first kappa shape index (κ1) is 15.5. The van der Waals surface area contributed by atoms with Crippen LogP contribution in [0.3, 0.4) is 0 Å². The number of amides is 1. The van der Waals surface area contributed by atoms with Crippen LogP contribution in [0.5, 0.6) is 0 Å². The van der Waals surface area contributed by atoms with Crippen molar-refractivity contribution in [2.75, 3.05) is 0 Å². The van der Waals surface area contributed by atoms with Gasteiger partial charge < -0.3 is 4.90 Å². The van der Waals surface area contributed by atoms with Gasteiger partial charge in [0.15, 0.2) is 5.69 Å². The predicted molar refractivity (Wildman–Crippen MR) is 75.5 cm³/mol. The molecule has 8 heteroatoms. The van der Waals surface area contributed by atoms with Crippen molar-refractivity contribution >= 4 is 5.91 Å². The lowest BCUT2D eigenvalue weighted by molar-refractivity contribution is -0.137. The number of aryl methyl sites for hydroxylation is 1. The Labute approximate surface area is 130 Å². The molecule has 0 saturated heterocycles. The van der Waals surface area contributed by atoms with Crippen molar-refractivity contribution in [1.82, 2.24) is 20.3 Å². The fourth-order valence-electron chi connectivity index (χ4n) is 2.37. The molecule has 0 atom stereocenters. The molecule has 0 bridgehead atoms. The first-order chi connectivity index (χ1) is 10.9. The SMILES string of the molecule is Cc1n[nH]nc1C(=O)N(Cc1ccc(C(F)(F)F)cc1)C1CC1. The quantitative estimate of drug-likeness (QED) is 0.940. The van der Waals surface area contributed by atoms with Gasteiger partial charge in [0.2, 0.25) is 0 Å². The summed E-state index contributed by atoms with van der Waals surface area (Å²) in [6.45, 7) is 1.94. The Bertz CT molecular complexity index is 704. The molecule has 1 aromatic heterocycles. The molecule has 3 rings (SSSR count). The van der Waals surface area contributed by atoms with Crippen LogP contribution in [0.25, 0.3) is 0 Å². The third kappa shape index (κ3) is 3.35. The van der Waals surface area contributed by atoms with Crippen LogP contribution in [0.1, 0.15) is 40.2 Å². The molecule has 0 radical (unpaired) electrons. The lowest BCUT2D eigenvalue weighted by Gasteiger charge is -2.22. The monoisotopic (exact) mass is 324 g/mol. The summed E-state index contributed by atoms with van der Waals surface area (Å²) in [6.07, 6.45) is -2.57. The summed E-state index contributed by atoms with van der Waals surface area (Å²) in [5.74, 6) is -0.251. The highest BCUT2D eigenvalue weighted by molar-refractivity contribution is 5.93. The summed E-state index contributed by atoms with van der Waals surface area (Å²) in [6, 6.07) is 4.99. The summed E-state index contributed by atoms with van der Waals surface area (Å²) < 4.78 is 37.8. The van der Waals surface area contributed by atoms with Gasteiger partial charge >= 0.3 is 6.18 Å². The molecule has 2 aromatic rings. The predicted octanol–water partition coefficient (Wildman–Crippen LogP) is 2.94. The Hall–Kier alpha value is -2.38. The molecule has 0 unspecified atom stereocenters. The highest BCUT2D eigenvalue weighted by Crippen LogP contribution is 2.32. The average molecular weight is 324 g/mol. The van der Waals surface area contributed by atoms with Crippen molar-refractivity contribution in [3.05, 3.63) is 46.8 Å². The zero-order valence-corrected chi connectivity index (χ0v) is 12.4. The second kappa shape index (κ2) is 5.68. The minimum Gasteiger partial charge on any atom is -0.330 e. The van der Waals surface area contributed by atoms with Crippen molar-refractivity contribution in [3.63, 3.8) is 0 Å². The number of aromatic amines is 1. The van der Waals surface area contributed by atoms with Gasteiger partial charge in [-0.25, -0.2) is 0 Å². The summed E-state index contributed by atoms with van der Waals surface area (Å²) in [5, 5.41) is 10.1. The minimum atomic E-state index is -4.36. The fraction of sp³-hybridized carbons (Fsp3) is 0.400. The standard InChI is InChI=1S/C15H15F3N4O/c1-9-13(20-21-19-9)14(23)22(12-6-7-12)8-10-2-4-11(5-3-10)15(16,17)18/h2-5,12H,6-8H2,1H3,(H,19,20,21). The summed E-state index contributed by atoms with van der Waals surface area (Å²) in [7, 11) is 0. The maximum atomic E-state index is 12.6. The molecule has 1 saturated carbocycles. The molecular weight excluding hydrogens is 309 g/mol. The highest BCUT2D eigenvalue weighted by Gasteiger charge is 2.35. The summed E-state index contributed by atoms with van der Waals surface area (Å²) >= 11 is 0. The van der Waals surface area contributed by atoms with Crippen molar-refractivity contribution in [1.29, 1.82) is 0 Å². The lowest BCUT2D eigenvalue weighted by Crippen LogP contribution is -2.33. The number of alkyl halides is 3.